The van der Waals surface area contributed by atoms with Crippen molar-refractivity contribution in [3.8, 4) is 0 Å². The van der Waals surface area contributed by atoms with Gasteiger partial charge in [0, 0.05) is 56.8 Å². The number of nitrogens with zero attached hydrogens (tertiary/aromatic N) is 2. The molecule has 0 saturated heterocycles. The number of thiocarbonyl (C=S) groups is 2. The third kappa shape index (κ3) is 8.64. The van der Waals surface area contributed by atoms with Crippen LogP contribution in [-0.4, -0.2) is 20.1 Å². The molecule has 0 aromatic heterocycles. The van der Waals surface area contributed by atoms with E-state index in [1.165, 1.54) is 24.3 Å². The van der Waals surface area contributed by atoms with Gasteiger partial charge in [0.2, 0.25) is 0 Å². The van der Waals surface area contributed by atoms with Crippen LogP contribution in [0.1, 0.15) is 0 Å². The Balaban J connectivity index is 1.21. The molecule has 0 saturated carbocycles. The van der Waals surface area contributed by atoms with Crippen molar-refractivity contribution in [2.45, 2.75) is 9.79 Å². The number of non-ortho nitro benzene ring substituents is 2. The summed E-state index contributed by atoms with van der Waals surface area (Å²) in [6.45, 7) is 0. The molecule has 0 atom stereocenters. The summed E-state index contributed by atoms with van der Waals surface area (Å²) in [6, 6.07) is 27.6. The zero-order valence-corrected chi connectivity index (χ0v) is 23.7. The molecule has 14 heteroatoms. The van der Waals surface area contributed by atoms with E-state index in [4.69, 9.17) is 24.4 Å². The number of hydrogen-bond acceptors (Lipinski definition) is 8. The molecule has 202 valence electrons. The first-order valence-corrected chi connectivity index (χ1v) is 14.4. The van der Waals surface area contributed by atoms with Crippen molar-refractivity contribution in [2.75, 3.05) is 21.3 Å². The first-order chi connectivity index (χ1) is 19.2. The minimum absolute atomic E-state index is 0.0150. The molecule has 0 unspecified atom stereocenters. The zero-order chi connectivity index (χ0) is 28.5. The van der Waals surface area contributed by atoms with Crippen molar-refractivity contribution < 1.29 is 9.85 Å². The Morgan fingerprint density at radius 2 is 0.750 bits per heavy atom. The second kappa shape index (κ2) is 13.7. The molecule has 0 bridgehead atoms. The number of nitro groups is 2. The maximum absolute atomic E-state index is 10.8. The van der Waals surface area contributed by atoms with Crippen molar-refractivity contribution in [3.63, 3.8) is 0 Å². The van der Waals surface area contributed by atoms with Crippen LogP contribution in [0.4, 0.5) is 34.1 Å². The lowest BCUT2D eigenvalue weighted by Crippen LogP contribution is -2.18. The van der Waals surface area contributed by atoms with Crippen molar-refractivity contribution in [1.82, 2.24) is 0 Å². The van der Waals surface area contributed by atoms with Crippen LogP contribution in [0.15, 0.2) is 107 Å². The molecule has 0 radical (unpaired) electrons. The van der Waals surface area contributed by atoms with Crippen molar-refractivity contribution in [3.05, 3.63) is 117 Å². The molecule has 0 aliphatic carbocycles. The van der Waals surface area contributed by atoms with Gasteiger partial charge in [-0.05, 0) is 97.2 Å². The van der Waals surface area contributed by atoms with E-state index in [0.29, 0.717) is 21.6 Å². The highest BCUT2D eigenvalue weighted by atomic mass is 33.1. The van der Waals surface area contributed by atoms with Crippen molar-refractivity contribution >= 4 is 90.4 Å². The molecule has 0 spiro atoms. The lowest BCUT2D eigenvalue weighted by Gasteiger charge is -2.11. The Morgan fingerprint density at radius 3 is 1.00 bits per heavy atom. The summed E-state index contributed by atoms with van der Waals surface area (Å²) >= 11 is 10.7. The normalized spacial score (nSPS) is 10.3. The predicted molar refractivity (Wildman–Crippen MR) is 170 cm³/mol. The van der Waals surface area contributed by atoms with Crippen LogP contribution in [0.3, 0.4) is 0 Å². The van der Waals surface area contributed by atoms with Crippen LogP contribution in [-0.2, 0) is 0 Å². The van der Waals surface area contributed by atoms with Crippen LogP contribution >= 0.6 is 46.0 Å². The van der Waals surface area contributed by atoms with Crippen LogP contribution in [0.25, 0.3) is 0 Å². The first kappa shape index (κ1) is 28.8. The second-order valence-electron chi connectivity index (χ2n) is 7.98. The average molecular weight is 609 g/mol. The van der Waals surface area contributed by atoms with E-state index >= 15 is 0 Å². The molecule has 0 fully saturated rings. The lowest BCUT2D eigenvalue weighted by atomic mass is 10.3. The number of anilines is 4. The highest BCUT2D eigenvalue weighted by molar-refractivity contribution is 8.76. The van der Waals surface area contributed by atoms with E-state index in [-0.39, 0.29) is 11.4 Å². The van der Waals surface area contributed by atoms with E-state index in [2.05, 4.69) is 21.3 Å². The maximum Gasteiger partial charge on any atom is 0.269 e. The van der Waals surface area contributed by atoms with E-state index in [1.54, 1.807) is 45.9 Å². The van der Waals surface area contributed by atoms with Gasteiger partial charge >= 0.3 is 0 Å². The maximum atomic E-state index is 10.8. The highest BCUT2D eigenvalue weighted by Gasteiger charge is 2.07. The molecule has 4 aromatic carbocycles. The van der Waals surface area contributed by atoms with Crippen LogP contribution in [0.2, 0.25) is 0 Å². The number of hydrogen-bond donors (Lipinski definition) is 4. The Morgan fingerprint density at radius 1 is 0.500 bits per heavy atom. The summed E-state index contributed by atoms with van der Waals surface area (Å²) in [5.41, 5.74) is 2.94. The molecule has 10 nitrogen and oxygen atoms in total. The van der Waals surface area contributed by atoms with Gasteiger partial charge in [0.15, 0.2) is 10.2 Å². The van der Waals surface area contributed by atoms with Crippen LogP contribution in [0.5, 0.6) is 0 Å². The van der Waals surface area contributed by atoms with E-state index in [1.807, 2.05) is 48.5 Å². The van der Waals surface area contributed by atoms with Gasteiger partial charge in [0.25, 0.3) is 11.4 Å². The predicted octanol–water partition coefficient (Wildman–Crippen LogP) is 7.92. The number of benzene rings is 4. The van der Waals surface area contributed by atoms with Gasteiger partial charge < -0.3 is 21.3 Å². The Kier molecular flexibility index (Phi) is 9.86. The fourth-order valence-electron chi connectivity index (χ4n) is 3.20. The Labute approximate surface area is 247 Å². The first-order valence-electron chi connectivity index (χ1n) is 11.4. The molecule has 0 heterocycles. The molecule has 0 aliphatic heterocycles. The average Bonchev–Trinajstić information content (AvgIpc) is 2.94. The number of nitrogens with one attached hydrogen (secondary N) is 4. The molecular weight excluding hydrogens is 589 g/mol. The quantitative estimate of drug-likeness (QED) is 0.0636. The Hall–Kier alpha value is -4.24. The van der Waals surface area contributed by atoms with Crippen LogP contribution in [0, 0.1) is 20.2 Å². The lowest BCUT2D eigenvalue weighted by molar-refractivity contribution is -0.385. The minimum atomic E-state index is -0.451. The summed E-state index contributed by atoms with van der Waals surface area (Å²) in [5, 5.41) is 34.5. The van der Waals surface area contributed by atoms with Gasteiger partial charge in [-0.25, -0.2) is 0 Å². The standard InChI is InChI=1S/C26H20N6O4S4/c33-31(34)21-9-1-17(2-10-21)27-25(37)29-19-5-13-23(14-6-19)39-40-24-15-7-20(8-16-24)30-26(38)28-18-3-11-22(12-4-18)32(35)36/h1-16H,(H2,27,29,37)(H2,28,30,38). The number of rotatable bonds is 9. The van der Waals surface area contributed by atoms with Gasteiger partial charge in [-0.2, -0.15) is 0 Å². The van der Waals surface area contributed by atoms with Gasteiger partial charge in [-0.15, -0.1) is 0 Å². The highest BCUT2D eigenvalue weighted by Crippen LogP contribution is 2.38. The number of nitro benzene ring substituents is 2. The molecule has 40 heavy (non-hydrogen) atoms. The third-order valence-corrected chi connectivity index (χ3v) is 7.96. The fraction of sp³-hybridized carbons (Fsp3) is 0. The largest absolute Gasteiger partial charge is 0.332 e. The van der Waals surface area contributed by atoms with Crippen molar-refractivity contribution in [2.24, 2.45) is 0 Å². The van der Waals surface area contributed by atoms with E-state index in [9.17, 15) is 20.2 Å². The fourth-order valence-corrected chi connectivity index (χ4v) is 5.61. The monoisotopic (exact) mass is 608 g/mol. The Bertz CT molecular complexity index is 1400. The molecule has 4 aromatic rings. The second-order valence-corrected chi connectivity index (χ2v) is 11.1. The minimum Gasteiger partial charge on any atom is -0.332 e. The SMILES string of the molecule is O=[N+]([O-])c1ccc(NC(=S)Nc2ccc(SSc3ccc(NC(=S)Nc4ccc([N+](=O)[O-])cc4)cc3)cc2)cc1. The third-order valence-electron chi connectivity index (χ3n) is 5.13. The summed E-state index contributed by atoms with van der Waals surface area (Å²) in [5.74, 6) is 0. The van der Waals surface area contributed by atoms with Gasteiger partial charge in [0.05, 0.1) is 9.85 Å². The van der Waals surface area contributed by atoms with Crippen molar-refractivity contribution in [1.29, 1.82) is 0 Å². The van der Waals surface area contributed by atoms with Gasteiger partial charge in [0.1, 0.15) is 0 Å². The summed E-state index contributed by atoms with van der Waals surface area (Å²) in [7, 11) is 3.22. The molecule has 0 amide bonds. The molecule has 4 N–H and O–H groups in total. The zero-order valence-electron chi connectivity index (χ0n) is 20.4. The summed E-state index contributed by atoms with van der Waals surface area (Å²) in [4.78, 5) is 22.8. The molecular formula is C26H20N6O4S4. The smallest absolute Gasteiger partial charge is 0.269 e. The van der Waals surface area contributed by atoms with Gasteiger partial charge in [-0.3, -0.25) is 20.2 Å². The molecule has 0 aliphatic rings. The van der Waals surface area contributed by atoms with E-state index in [0.717, 1.165) is 21.2 Å². The van der Waals surface area contributed by atoms with Crippen LogP contribution < -0.4 is 21.3 Å². The summed E-state index contributed by atoms with van der Waals surface area (Å²) in [6.07, 6.45) is 0. The van der Waals surface area contributed by atoms with E-state index < -0.39 is 9.85 Å². The topological polar surface area (TPSA) is 134 Å². The molecule has 4 rings (SSSR count). The van der Waals surface area contributed by atoms with Gasteiger partial charge in [-0.1, -0.05) is 21.6 Å². The summed E-state index contributed by atoms with van der Waals surface area (Å²) < 4.78 is 0.